The van der Waals surface area contributed by atoms with Gasteiger partial charge in [-0.1, -0.05) is 0 Å². The minimum Gasteiger partial charge on any atom is -0.506 e. The molecule has 0 aliphatic rings. The molecule has 5 nitrogen and oxygen atoms in total. The first-order valence-electron chi connectivity index (χ1n) is 5.31. The molecule has 0 aliphatic carbocycles. The van der Waals surface area contributed by atoms with E-state index in [2.05, 4.69) is 5.32 Å². The molecular weight excluding hydrogens is 230 g/mol. The van der Waals surface area contributed by atoms with Gasteiger partial charge >= 0.3 is 0 Å². The zero-order valence-electron chi connectivity index (χ0n) is 9.55. The van der Waals surface area contributed by atoms with Crippen molar-refractivity contribution in [2.75, 3.05) is 16.8 Å². The summed E-state index contributed by atoms with van der Waals surface area (Å²) in [5, 5.41) is 12.0. The number of rotatable bonds is 2. The van der Waals surface area contributed by atoms with Gasteiger partial charge in [0.25, 0.3) is 5.91 Å². The molecule has 0 unspecified atom stereocenters. The van der Waals surface area contributed by atoms with Crippen molar-refractivity contribution in [3.8, 4) is 5.75 Å². The second-order valence-electron chi connectivity index (χ2n) is 3.85. The van der Waals surface area contributed by atoms with Crippen LogP contribution >= 0.6 is 0 Å². The molecule has 0 aliphatic heterocycles. The summed E-state index contributed by atoms with van der Waals surface area (Å²) >= 11 is 0. The van der Waals surface area contributed by atoms with Gasteiger partial charge in [-0.15, -0.1) is 0 Å². The zero-order valence-corrected chi connectivity index (χ0v) is 9.55. The number of carbonyl (C=O) groups excluding carboxylic acids is 1. The van der Waals surface area contributed by atoms with Crippen LogP contribution < -0.4 is 16.8 Å². The lowest BCUT2D eigenvalue weighted by atomic mass is 10.1. The molecule has 2 aromatic rings. The fourth-order valence-corrected chi connectivity index (χ4v) is 1.47. The number of benzene rings is 2. The van der Waals surface area contributed by atoms with Crippen molar-refractivity contribution < 1.29 is 9.90 Å². The van der Waals surface area contributed by atoms with E-state index in [0.29, 0.717) is 16.9 Å². The van der Waals surface area contributed by atoms with Crippen LogP contribution in [0.25, 0.3) is 0 Å². The van der Waals surface area contributed by atoms with E-state index in [1.165, 1.54) is 18.2 Å². The van der Waals surface area contributed by atoms with E-state index in [1.54, 1.807) is 24.3 Å². The molecule has 2 rings (SSSR count). The number of nitrogens with two attached hydrogens (primary N) is 2. The summed E-state index contributed by atoms with van der Waals surface area (Å²) in [6.07, 6.45) is 0. The second kappa shape index (κ2) is 4.67. The number of nitrogen functional groups attached to an aromatic ring is 2. The summed E-state index contributed by atoms with van der Waals surface area (Å²) in [4.78, 5) is 11.9. The molecule has 6 N–H and O–H groups in total. The fourth-order valence-electron chi connectivity index (χ4n) is 1.47. The van der Waals surface area contributed by atoms with Crippen molar-refractivity contribution in [3.63, 3.8) is 0 Å². The Morgan fingerprint density at radius 1 is 1.06 bits per heavy atom. The summed E-state index contributed by atoms with van der Waals surface area (Å²) in [7, 11) is 0. The molecule has 0 bridgehead atoms. The van der Waals surface area contributed by atoms with E-state index in [1.807, 2.05) is 0 Å². The standard InChI is InChI=1S/C13H13N3O2/c14-9-2-4-10(5-3-9)16-13(18)8-1-6-12(17)11(15)7-8/h1-7,17H,14-15H2,(H,16,18). The number of aromatic hydroxyl groups is 1. The summed E-state index contributed by atoms with van der Waals surface area (Å²) in [5.74, 6) is -0.342. The zero-order chi connectivity index (χ0) is 13.1. The first-order chi connectivity index (χ1) is 8.56. The summed E-state index contributed by atoms with van der Waals surface area (Å²) in [6, 6.07) is 11.1. The Balaban J connectivity index is 2.16. The Morgan fingerprint density at radius 3 is 2.33 bits per heavy atom. The summed E-state index contributed by atoms with van der Waals surface area (Å²) in [5.41, 5.74) is 12.9. The van der Waals surface area contributed by atoms with Crippen LogP contribution in [0.2, 0.25) is 0 Å². The Morgan fingerprint density at radius 2 is 1.72 bits per heavy atom. The van der Waals surface area contributed by atoms with Gasteiger partial charge < -0.3 is 21.9 Å². The highest BCUT2D eigenvalue weighted by Gasteiger charge is 2.08. The van der Waals surface area contributed by atoms with Crippen LogP contribution in [0.4, 0.5) is 17.1 Å². The van der Waals surface area contributed by atoms with Crippen LogP contribution in [0.15, 0.2) is 42.5 Å². The highest BCUT2D eigenvalue weighted by atomic mass is 16.3. The maximum Gasteiger partial charge on any atom is 0.255 e. The van der Waals surface area contributed by atoms with Gasteiger partial charge in [0.1, 0.15) is 5.75 Å². The molecule has 18 heavy (non-hydrogen) atoms. The third-order valence-electron chi connectivity index (χ3n) is 2.46. The van der Waals surface area contributed by atoms with Gasteiger partial charge in [-0.05, 0) is 42.5 Å². The molecule has 0 saturated carbocycles. The van der Waals surface area contributed by atoms with Gasteiger partial charge in [-0.3, -0.25) is 4.79 Å². The quantitative estimate of drug-likeness (QED) is 0.477. The van der Waals surface area contributed by atoms with Crippen LogP contribution in [0.1, 0.15) is 10.4 Å². The molecule has 0 saturated heterocycles. The highest BCUT2D eigenvalue weighted by Crippen LogP contribution is 2.21. The molecule has 0 atom stereocenters. The lowest BCUT2D eigenvalue weighted by molar-refractivity contribution is 0.102. The Bertz CT molecular complexity index is 579. The SMILES string of the molecule is Nc1ccc(NC(=O)c2ccc(O)c(N)c2)cc1. The number of hydrogen-bond donors (Lipinski definition) is 4. The van der Waals surface area contributed by atoms with Gasteiger partial charge in [-0.2, -0.15) is 0 Å². The van der Waals surface area contributed by atoms with Crippen LogP contribution in [-0.4, -0.2) is 11.0 Å². The third-order valence-corrected chi connectivity index (χ3v) is 2.46. The van der Waals surface area contributed by atoms with Crippen molar-refractivity contribution in [3.05, 3.63) is 48.0 Å². The number of phenolic OH excluding ortho intramolecular Hbond substituents is 1. The fraction of sp³-hybridized carbons (Fsp3) is 0. The lowest BCUT2D eigenvalue weighted by Gasteiger charge is -2.06. The predicted octanol–water partition coefficient (Wildman–Crippen LogP) is 1.81. The predicted molar refractivity (Wildman–Crippen MR) is 71.3 cm³/mol. The number of amides is 1. The number of nitrogens with one attached hydrogen (secondary N) is 1. The molecule has 1 amide bonds. The van der Waals surface area contributed by atoms with Crippen LogP contribution in [0, 0.1) is 0 Å². The maximum absolute atomic E-state index is 11.9. The Hall–Kier alpha value is -2.69. The van der Waals surface area contributed by atoms with E-state index in [-0.39, 0.29) is 17.3 Å². The maximum atomic E-state index is 11.9. The van der Waals surface area contributed by atoms with Crippen molar-refractivity contribution in [2.24, 2.45) is 0 Å². The molecular formula is C13H13N3O2. The molecule has 92 valence electrons. The van der Waals surface area contributed by atoms with Gasteiger partial charge in [0.15, 0.2) is 0 Å². The van der Waals surface area contributed by atoms with Crippen LogP contribution in [-0.2, 0) is 0 Å². The van der Waals surface area contributed by atoms with E-state index < -0.39 is 0 Å². The Labute approximate surface area is 104 Å². The van der Waals surface area contributed by atoms with Crippen molar-refractivity contribution >= 4 is 23.0 Å². The van der Waals surface area contributed by atoms with Gasteiger partial charge in [-0.25, -0.2) is 0 Å². The molecule has 5 heteroatoms. The third kappa shape index (κ3) is 2.52. The van der Waals surface area contributed by atoms with Gasteiger partial charge in [0.05, 0.1) is 5.69 Å². The lowest BCUT2D eigenvalue weighted by Crippen LogP contribution is -2.12. The smallest absolute Gasteiger partial charge is 0.255 e. The number of anilines is 3. The first kappa shape index (κ1) is 11.8. The van der Waals surface area contributed by atoms with Crippen molar-refractivity contribution in [1.29, 1.82) is 0 Å². The Kier molecular flexibility index (Phi) is 3.05. The molecule has 0 spiro atoms. The van der Waals surface area contributed by atoms with Crippen molar-refractivity contribution in [1.82, 2.24) is 0 Å². The monoisotopic (exact) mass is 243 g/mol. The van der Waals surface area contributed by atoms with Crippen molar-refractivity contribution in [2.45, 2.75) is 0 Å². The average molecular weight is 243 g/mol. The topological polar surface area (TPSA) is 101 Å². The van der Waals surface area contributed by atoms with Crippen LogP contribution in [0.3, 0.4) is 0 Å². The number of hydrogen-bond acceptors (Lipinski definition) is 4. The largest absolute Gasteiger partial charge is 0.506 e. The minimum atomic E-state index is -0.300. The number of phenols is 1. The molecule has 0 radical (unpaired) electrons. The minimum absolute atomic E-state index is 0.0426. The average Bonchev–Trinajstić information content (AvgIpc) is 2.35. The first-order valence-corrected chi connectivity index (χ1v) is 5.31. The van der Waals surface area contributed by atoms with Crippen LogP contribution in [0.5, 0.6) is 5.75 Å². The second-order valence-corrected chi connectivity index (χ2v) is 3.85. The summed E-state index contributed by atoms with van der Waals surface area (Å²) < 4.78 is 0. The summed E-state index contributed by atoms with van der Waals surface area (Å²) in [6.45, 7) is 0. The van der Waals surface area contributed by atoms with Gasteiger partial charge in [0.2, 0.25) is 0 Å². The highest BCUT2D eigenvalue weighted by molar-refractivity contribution is 6.05. The van der Waals surface area contributed by atoms with Gasteiger partial charge in [0, 0.05) is 16.9 Å². The molecule has 0 aromatic heterocycles. The molecule has 0 heterocycles. The van der Waals surface area contributed by atoms with E-state index in [4.69, 9.17) is 11.5 Å². The normalized spacial score (nSPS) is 10.0. The van der Waals surface area contributed by atoms with E-state index in [9.17, 15) is 9.90 Å². The molecule has 0 fully saturated rings. The molecule has 2 aromatic carbocycles. The number of carbonyl (C=O) groups is 1. The van der Waals surface area contributed by atoms with E-state index in [0.717, 1.165) is 0 Å². The van der Waals surface area contributed by atoms with E-state index >= 15 is 0 Å².